The number of anilines is 1. The molecule has 0 aromatic carbocycles. The normalized spacial score (nSPS) is 22.9. The first kappa shape index (κ1) is 12.1. The second kappa shape index (κ2) is 4.31. The Labute approximate surface area is 111 Å². The number of hydrogen-bond acceptors (Lipinski definition) is 4. The second-order valence-electron chi connectivity index (χ2n) is 4.85. The maximum atomic E-state index is 12.4. The molecule has 2 aliphatic rings. The predicted octanol–water partition coefficient (Wildman–Crippen LogP) is 0.866. The van der Waals surface area contributed by atoms with Crippen LogP contribution in [0.5, 0.6) is 0 Å². The molecular formula is C13H15N3O3. The van der Waals surface area contributed by atoms with Crippen molar-refractivity contribution in [1.29, 1.82) is 0 Å². The number of amides is 3. The van der Waals surface area contributed by atoms with Crippen LogP contribution < -0.4 is 4.90 Å². The van der Waals surface area contributed by atoms with Crippen molar-refractivity contribution in [2.75, 3.05) is 24.7 Å². The molecule has 0 radical (unpaired) electrons. The lowest BCUT2D eigenvalue weighted by atomic mass is 10.2. The highest BCUT2D eigenvalue weighted by Gasteiger charge is 2.47. The second-order valence-corrected chi connectivity index (χ2v) is 4.85. The van der Waals surface area contributed by atoms with Gasteiger partial charge in [0.1, 0.15) is 6.04 Å². The lowest BCUT2D eigenvalue weighted by molar-refractivity contribution is -0.123. The van der Waals surface area contributed by atoms with Crippen molar-refractivity contribution in [3.05, 3.63) is 23.5 Å². The highest BCUT2D eigenvalue weighted by Crippen LogP contribution is 2.29. The van der Waals surface area contributed by atoms with Gasteiger partial charge in [-0.2, -0.15) is 0 Å². The molecule has 100 valence electrons. The lowest BCUT2D eigenvalue weighted by Crippen LogP contribution is -2.45. The number of pyridine rings is 1. The topological polar surface area (TPSA) is 62.7 Å². The number of nitrogens with zero attached hydrogens (tertiary/aromatic N) is 3. The van der Waals surface area contributed by atoms with Gasteiger partial charge in [-0.1, -0.05) is 0 Å². The molecule has 1 unspecified atom stereocenters. The summed E-state index contributed by atoms with van der Waals surface area (Å²) in [4.78, 5) is 31.7. The van der Waals surface area contributed by atoms with Gasteiger partial charge in [0.05, 0.1) is 18.9 Å². The largest absolute Gasteiger partial charge is 0.377 e. The maximum absolute atomic E-state index is 12.4. The van der Waals surface area contributed by atoms with Crippen LogP contribution in [0.1, 0.15) is 11.3 Å². The van der Waals surface area contributed by atoms with Gasteiger partial charge in [-0.15, -0.1) is 0 Å². The van der Waals surface area contributed by atoms with Crippen LogP contribution in [0.3, 0.4) is 0 Å². The number of carbonyl (C=O) groups excluding carboxylic acids is 2. The molecule has 6 heteroatoms. The molecule has 0 spiro atoms. The summed E-state index contributed by atoms with van der Waals surface area (Å²) in [7, 11) is 0. The molecule has 0 saturated carbocycles. The summed E-state index contributed by atoms with van der Waals surface area (Å²) >= 11 is 0. The van der Waals surface area contributed by atoms with E-state index in [2.05, 4.69) is 4.98 Å². The van der Waals surface area contributed by atoms with Gasteiger partial charge in [0.25, 0.3) is 5.91 Å². The molecule has 3 heterocycles. The van der Waals surface area contributed by atoms with Crippen LogP contribution in [0.25, 0.3) is 0 Å². The summed E-state index contributed by atoms with van der Waals surface area (Å²) in [5.41, 5.74) is 2.22. The Morgan fingerprint density at radius 1 is 1.37 bits per heavy atom. The smallest absolute Gasteiger partial charge is 0.332 e. The Morgan fingerprint density at radius 3 is 2.89 bits per heavy atom. The number of aryl methyl sites for hydroxylation is 2. The lowest BCUT2D eigenvalue weighted by Gasteiger charge is -2.26. The first-order chi connectivity index (χ1) is 9.09. The first-order valence-corrected chi connectivity index (χ1v) is 6.25. The molecule has 1 aromatic heterocycles. The molecule has 3 amide bonds. The van der Waals surface area contributed by atoms with E-state index in [-0.39, 0.29) is 18.5 Å². The molecule has 1 atom stereocenters. The summed E-state index contributed by atoms with van der Waals surface area (Å²) in [5, 5.41) is 0. The van der Waals surface area contributed by atoms with Crippen LogP contribution in [0.15, 0.2) is 12.3 Å². The number of carbonyl (C=O) groups is 2. The number of hydrogen-bond donors (Lipinski definition) is 0. The predicted molar refractivity (Wildman–Crippen MR) is 67.9 cm³/mol. The number of aromatic nitrogens is 1. The molecule has 3 rings (SSSR count). The van der Waals surface area contributed by atoms with E-state index in [0.29, 0.717) is 18.8 Å². The highest BCUT2D eigenvalue weighted by atomic mass is 16.5. The van der Waals surface area contributed by atoms with Crippen LogP contribution in [0.2, 0.25) is 0 Å². The zero-order chi connectivity index (χ0) is 13.6. The SMILES string of the molecule is Cc1cc(N2C(=O)C3COCCN3C2=O)c(C)cn1. The quantitative estimate of drug-likeness (QED) is 0.704. The van der Waals surface area contributed by atoms with Crippen molar-refractivity contribution in [3.63, 3.8) is 0 Å². The van der Waals surface area contributed by atoms with Crippen molar-refractivity contribution in [3.8, 4) is 0 Å². The Balaban J connectivity index is 2.03. The van der Waals surface area contributed by atoms with Gasteiger partial charge >= 0.3 is 6.03 Å². The van der Waals surface area contributed by atoms with Crippen molar-refractivity contribution < 1.29 is 14.3 Å². The fourth-order valence-electron chi connectivity index (χ4n) is 2.49. The molecule has 1 aromatic rings. The molecule has 0 N–H and O–H groups in total. The van der Waals surface area contributed by atoms with Crippen molar-refractivity contribution in [2.45, 2.75) is 19.9 Å². The summed E-state index contributed by atoms with van der Waals surface area (Å²) in [6.45, 7) is 4.91. The zero-order valence-electron chi connectivity index (χ0n) is 10.9. The molecule has 2 fully saturated rings. The number of rotatable bonds is 1. The van der Waals surface area contributed by atoms with Crippen LogP contribution in [-0.2, 0) is 9.53 Å². The van der Waals surface area contributed by atoms with Gasteiger partial charge < -0.3 is 9.64 Å². The molecule has 0 bridgehead atoms. The van der Waals surface area contributed by atoms with Crippen molar-refractivity contribution >= 4 is 17.6 Å². The summed E-state index contributed by atoms with van der Waals surface area (Å²) in [5.74, 6) is -0.210. The molecular weight excluding hydrogens is 246 g/mol. The van der Waals surface area contributed by atoms with Gasteiger partial charge in [-0.3, -0.25) is 9.78 Å². The number of morpholine rings is 1. The first-order valence-electron chi connectivity index (χ1n) is 6.25. The third kappa shape index (κ3) is 1.79. The number of urea groups is 1. The van der Waals surface area contributed by atoms with E-state index in [1.807, 2.05) is 13.8 Å². The minimum atomic E-state index is -0.478. The van der Waals surface area contributed by atoms with Crippen molar-refractivity contribution in [1.82, 2.24) is 9.88 Å². The minimum absolute atomic E-state index is 0.210. The standard InChI is InChI=1S/C13H15N3O3/c1-8-6-14-9(2)5-10(8)16-12(17)11-7-19-4-3-15(11)13(16)18/h5-6,11H,3-4,7H2,1-2H3. The Bertz CT molecular complexity index is 534. The monoisotopic (exact) mass is 261 g/mol. The summed E-state index contributed by atoms with van der Waals surface area (Å²) in [6, 6.07) is 1.03. The minimum Gasteiger partial charge on any atom is -0.377 e. The molecule has 2 saturated heterocycles. The van der Waals surface area contributed by atoms with E-state index in [1.54, 1.807) is 17.2 Å². The van der Waals surface area contributed by atoms with E-state index in [1.165, 1.54) is 4.90 Å². The van der Waals surface area contributed by atoms with Gasteiger partial charge in [0.2, 0.25) is 0 Å². The third-order valence-corrected chi connectivity index (χ3v) is 3.52. The van der Waals surface area contributed by atoms with Crippen LogP contribution in [-0.4, -0.2) is 47.6 Å². The highest BCUT2D eigenvalue weighted by molar-refractivity contribution is 6.21. The number of imide groups is 1. The summed E-state index contributed by atoms with van der Waals surface area (Å²) in [6.07, 6.45) is 1.68. The Hall–Kier alpha value is -1.95. The number of ether oxygens (including phenoxy) is 1. The third-order valence-electron chi connectivity index (χ3n) is 3.52. The molecule has 6 nitrogen and oxygen atoms in total. The number of fused-ring (bicyclic) bond motifs is 1. The maximum Gasteiger partial charge on any atom is 0.332 e. The van der Waals surface area contributed by atoms with E-state index in [9.17, 15) is 9.59 Å². The average Bonchev–Trinajstić information content (AvgIpc) is 2.66. The Morgan fingerprint density at radius 2 is 2.16 bits per heavy atom. The molecule has 2 aliphatic heterocycles. The fourth-order valence-corrected chi connectivity index (χ4v) is 2.49. The van der Waals surface area contributed by atoms with E-state index >= 15 is 0 Å². The summed E-state index contributed by atoms with van der Waals surface area (Å²) < 4.78 is 5.29. The van der Waals surface area contributed by atoms with Gasteiger partial charge in [0.15, 0.2) is 0 Å². The Kier molecular flexibility index (Phi) is 2.74. The fraction of sp³-hybridized carbons (Fsp3) is 0.462. The van der Waals surface area contributed by atoms with Gasteiger partial charge in [-0.25, -0.2) is 9.69 Å². The zero-order valence-corrected chi connectivity index (χ0v) is 10.9. The average molecular weight is 261 g/mol. The molecule has 19 heavy (non-hydrogen) atoms. The van der Waals surface area contributed by atoms with E-state index in [4.69, 9.17) is 4.74 Å². The molecule has 0 aliphatic carbocycles. The van der Waals surface area contributed by atoms with Crippen molar-refractivity contribution in [2.24, 2.45) is 0 Å². The van der Waals surface area contributed by atoms with Gasteiger partial charge in [0, 0.05) is 18.4 Å². The van der Waals surface area contributed by atoms with Crippen LogP contribution >= 0.6 is 0 Å². The van der Waals surface area contributed by atoms with E-state index < -0.39 is 6.04 Å². The van der Waals surface area contributed by atoms with E-state index in [0.717, 1.165) is 11.3 Å². The van der Waals surface area contributed by atoms with Crippen LogP contribution in [0.4, 0.5) is 10.5 Å². The van der Waals surface area contributed by atoms with Crippen LogP contribution in [0, 0.1) is 13.8 Å². The van der Waals surface area contributed by atoms with Gasteiger partial charge in [-0.05, 0) is 25.5 Å².